The number of aromatic hydroxyl groups is 2. The lowest BCUT2D eigenvalue weighted by Crippen LogP contribution is -1.87. The molecule has 3 rings (SSSR count). The van der Waals surface area contributed by atoms with Crippen LogP contribution in [0.4, 0.5) is 5.69 Å². The van der Waals surface area contributed by atoms with Gasteiger partial charge < -0.3 is 15.5 Å². The molecule has 1 aromatic heterocycles. The summed E-state index contributed by atoms with van der Waals surface area (Å²) in [5, 5.41) is 22.9. The van der Waals surface area contributed by atoms with Gasteiger partial charge in [0, 0.05) is 19.2 Å². The Balaban J connectivity index is 1.92. The molecule has 0 fully saturated rings. The minimum absolute atomic E-state index is 0.0962. The Morgan fingerprint density at radius 1 is 1.10 bits per heavy atom. The number of nitrogens with one attached hydrogen (secondary N) is 1. The maximum Gasteiger partial charge on any atom is 0.157 e. The fraction of sp³-hybridized carbons (Fsp3) is 0.133. The van der Waals surface area contributed by atoms with E-state index >= 15 is 0 Å². The molecule has 4 nitrogen and oxygen atoms in total. The van der Waals surface area contributed by atoms with E-state index < -0.39 is 0 Å². The summed E-state index contributed by atoms with van der Waals surface area (Å²) in [7, 11) is 1.89. The van der Waals surface area contributed by atoms with Gasteiger partial charge in [0.15, 0.2) is 11.5 Å². The molecule has 0 atom stereocenters. The first-order chi connectivity index (χ1) is 9.65. The largest absolute Gasteiger partial charge is 0.504 e. The number of hydrogen-bond donors (Lipinski definition) is 3. The van der Waals surface area contributed by atoms with Gasteiger partial charge >= 0.3 is 0 Å². The Morgan fingerprint density at radius 3 is 2.70 bits per heavy atom. The van der Waals surface area contributed by atoms with Crippen LogP contribution in [0.3, 0.4) is 0 Å². The molecule has 1 heterocycles. The van der Waals surface area contributed by atoms with Crippen LogP contribution in [0.2, 0.25) is 0 Å². The number of anilines is 1. The van der Waals surface area contributed by atoms with E-state index in [0.29, 0.717) is 6.42 Å². The van der Waals surface area contributed by atoms with Crippen molar-refractivity contribution in [2.75, 3.05) is 12.4 Å². The zero-order valence-corrected chi connectivity index (χ0v) is 11.7. The molecule has 0 unspecified atom stereocenters. The van der Waals surface area contributed by atoms with E-state index in [0.717, 1.165) is 26.5 Å². The number of fused-ring (bicyclic) bond motifs is 1. The van der Waals surface area contributed by atoms with Gasteiger partial charge in [-0.25, -0.2) is 4.98 Å². The summed E-state index contributed by atoms with van der Waals surface area (Å²) < 4.78 is 1.13. The average molecular weight is 286 g/mol. The molecule has 5 heteroatoms. The summed E-state index contributed by atoms with van der Waals surface area (Å²) in [6.07, 6.45) is 0.641. The van der Waals surface area contributed by atoms with Crippen molar-refractivity contribution in [2.45, 2.75) is 6.42 Å². The van der Waals surface area contributed by atoms with E-state index in [2.05, 4.69) is 16.4 Å². The van der Waals surface area contributed by atoms with E-state index in [1.54, 1.807) is 23.5 Å². The molecule has 20 heavy (non-hydrogen) atoms. The number of hydrogen-bond acceptors (Lipinski definition) is 5. The highest BCUT2D eigenvalue weighted by molar-refractivity contribution is 7.18. The van der Waals surface area contributed by atoms with Crippen molar-refractivity contribution in [1.29, 1.82) is 0 Å². The third kappa shape index (κ3) is 2.40. The highest BCUT2D eigenvalue weighted by atomic mass is 32.1. The molecular formula is C15H14N2O2S. The van der Waals surface area contributed by atoms with E-state index in [4.69, 9.17) is 0 Å². The molecular weight excluding hydrogens is 272 g/mol. The smallest absolute Gasteiger partial charge is 0.157 e. The number of phenols is 2. The van der Waals surface area contributed by atoms with Crippen LogP contribution in [-0.4, -0.2) is 22.2 Å². The lowest BCUT2D eigenvalue weighted by molar-refractivity contribution is 0.403. The first kappa shape index (κ1) is 12.7. The van der Waals surface area contributed by atoms with Crippen molar-refractivity contribution < 1.29 is 10.2 Å². The van der Waals surface area contributed by atoms with Crippen LogP contribution in [0.15, 0.2) is 36.4 Å². The van der Waals surface area contributed by atoms with E-state index in [1.165, 1.54) is 6.07 Å². The van der Waals surface area contributed by atoms with Gasteiger partial charge in [-0.05, 0) is 35.9 Å². The second kappa shape index (κ2) is 5.02. The number of aromatic nitrogens is 1. The van der Waals surface area contributed by atoms with Crippen LogP contribution in [0.1, 0.15) is 10.6 Å². The third-order valence-corrected chi connectivity index (χ3v) is 4.13. The second-order valence-electron chi connectivity index (χ2n) is 4.54. The molecule has 0 aliphatic heterocycles. The predicted octanol–water partition coefficient (Wildman–Crippen LogP) is 3.34. The molecule has 102 valence electrons. The molecule has 0 radical (unpaired) electrons. The normalized spacial score (nSPS) is 10.8. The Bertz CT molecular complexity index is 768. The molecule has 0 aliphatic rings. The van der Waals surface area contributed by atoms with E-state index in [9.17, 15) is 10.2 Å². The summed E-state index contributed by atoms with van der Waals surface area (Å²) in [6, 6.07) is 10.9. The predicted molar refractivity (Wildman–Crippen MR) is 81.7 cm³/mol. The Morgan fingerprint density at radius 2 is 1.95 bits per heavy atom. The maximum atomic E-state index is 9.51. The standard InChI is InChI=1S/C15H14N2O2S/c1-16-10-3-4-11-14(8-10)20-15(17-11)7-9-2-5-12(18)13(19)6-9/h2-6,8,16,18-19H,7H2,1H3. The molecule has 3 N–H and O–H groups in total. The Hall–Kier alpha value is -2.27. The third-order valence-electron chi connectivity index (χ3n) is 3.12. The van der Waals surface area contributed by atoms with Crippen LogP contribution in [0.25, 0.3) is 10.2 Å². The van der Waals surface area contributed by atoms with Crippen LogP contribution in [0, 0.1) is 0 Å². The van der Waals surface area contributed by atoms with Gasteiger partial charge in [-0.1, -0.05) is 6.07 Å². The minimum atomic E-state index is -0.100. The SMILES string of the molecule is CNc1ccc2nc(Cc3ccc(O)c(O)c3)sc2c1. The maximum absolute atomic E-state index is 9.51. The van der Waals surface area contributed by atoms with Crippen molar-refractivity contribution in [2.24, 2.45) is 0 Å². The second-order valence-corrected chi connectivity index (χ2v) is 5.66. The fourth-order valence-electron chi connectivity index (χ4n) is 2.06. The van der Waals surface area contributed by atoms with Gasteiger partial charge in [-0.15, -0.1) is 11.3 Å². The minimum Gasteiger partial charge on any atom is -0.504 e. The number of thiazole rings is 1. The van der Waals surface area contributed by atoms with Gasteiger partial charge in [0.25, 0.3) is 0 Å². The molecule has 0 saturated heterocycles. The fourth-order valence-corrected chi connectivity index (χ4v) is 3.10. The zero-order valence-electron chi connectivity index (χ0n) is 10.9. The van der Waals surface area contributed by atoms with Crippen molar-refractivity contribution >= 4 is 27.2 Å². The van der Waals surface area contributed by atoms with Crippen LogP contribution in [0.5, 0.6) is 11.5 Å². The summed E-state index contributed by atoms with van der Waals surface area (Å²) in [4.78, 5) is 4.58. The highest BCUT2D eigenvalue weighted by Crippen LogP contribution is 2.29. The lowest BCUT2D eigenvalue weighted by atomic mass is 10.1. The van der Waals surface area contributed by atoms with Gasteiger partial charge in [-0.3, -0.25) is 0 Å². The van der Waals surface area contributed by atoms with E-state index in [1.807, 2.05) is 19.2 Å². The average Bonchev–Trinajstić information content (AvgIpc) is 2.84. The molecule has 0 spiro atoms. The first-order valence-electron chi connectivity index (χ1n) is 6.24. The zero-order chi connectivity index (χ0) is 14.1. The molecule has 0 bridgehead atoms. The first-order valence-corrected chi connectivity index (χ1v) is 7.05. The van der Waals surface area contributed by atoms with Crippen LogP contribution >= 0.6 is 11.3 Å². The van der Waals surface area contributed by atoms with E-state index in [-0.39, 0.29) is 11.5 Å². The Labute approximate surface area is 120 Å². The van der Waals surface area contributed by atoms with Crippen molar-refractivity contribution in [3.05, 3.63) is 47.0 Å². The van der Waals surface area contributed by atoms with Crippen LogP contribution < -0.4 is 5.32 Å². The van der Waals surface area contributed by atoms with Gasteiger partial charge in [-0.2, -0.15) is 0 Å². The number of nitrogens with zero attached hydrogens (tertiary/aromatic N) is 1. The Kier molecular flexibility index (Phi) is 3.20. The molecule has 0 saturated carbocycles. The van der Waals surface area contributed by atoms with Gasteiger partial charge in [0.1, 0.15) is 0 Å². The lowest BCUT2D eigenvalue weighted by Gasteiger charge is -2.01. The molecule has 2 aromatic carbocycles. The van der Waals surface area contributed by atoms with Gasteiger partial charge in [0.2, 0.25) is 0 Å². The van der Waals surface area contributed by atoms with Crippen molar-refractivity contribution in [1.82, 2.24) is 4.98 Å². The number of rotatable bonds is 3. The monoisotopic (exact) mass is 286 g/mol. The number of phenolic OH excluding ortho intramolecular Hbond substituents is 2. The van der Waals surface area contributed by atoms with Crippen LogP contribution in [-0.2, 0) is 6.42 Å². The highest BCUT2D eigenvalue weighted by Gasteiger charge is 2.07. The van der Waals surface area contributed by atoms with Gasteiger partial charge in [0.05, 0.1) is 15.2 Å². The summed E-state index contributed by atoms with van der Waals surface area (Å²) in [5.74, 6) is -0.196. The molecule has 0 aliphatic carbocycles. The molecule has 3 aromatic rings. The quantitative estimate of drug-likeness (QED) is 0.646. The number of benzene rings is 2. The van der Waals surface area contributed by atoms with Crippen molar-refractivity contribution in [3.8, 4) is 11.5 Å². The topological polar surface area (TPSA) is 65.4 Å². The summed E-state index contributed by atoms with van der Waals surface area (Å²) in [5.41, 5.74) is 2.97. The summed E-state index contributed by atoms with van der Waals surface area (Å²) in [6.45, 7) is 0. The van der Waals surface area contributed by atoms with Crippen molar-refractivity contribution in [3.63, 3.8) is 0 Å². The summed E-state index contributed by atoms with van der Waals surface area (Å²) >= 11 is 1.64. The molecule has 0 amide bonds.